The van der Waals surface area contributed by atoms with Crippen LogP contribution in [0, 0.1) is 6.92 Å². The van der Waals surface area contributed by atoms with Gasteiger partial charge in [0.25, 0.3) is 5.91 Å². The van der Waals surface area contributed by atoms with E-state index in [1.54, 1.807) is 17.6 Å². The molecule has 0 radical (unpaired) electrons. The van der Waals surface area contributed by atoms with Gasteiger partial charge in [0.2, 0.25) is 0 Å². The van der Waals surface area contributed by atoms with E-state index in [1.165, 1.54) is 4.88 Å². The first-order valence-corrected chi connectivity index (χ1v) is 8.29. The summed E-state index contributed by atoms with van der Waals surface area (Å²) in [5, 5.41) is 3.49. The molecule has 1 aromatic carbocycles. The summed E-state index contributed by atoms with van der Waals surface area (Å²) in [7, 11) is 0. The molecule has 3 heterocycles. The summed E-state index contributed by atoms with van der Waals surface area (Å²) < 4.78 is 5.44. The number of hydrogen-bond donors (Lipinski definition) is 1. The van der Waals surface area contributed by atoms with Crippen molar-refractivity contribution in [1.29, 1.82) is 0 Å². The van der Waals surface area contributed by atoms with Crippen molar-refractivity contribution in [1.82, 2.24) is 4.90 Å². The number of fused-ring (bicyclic) bond motifs is 1. The van der Waals surface area contributed by atoms with Crippen molar-refractivity contribution < 1.29 is 9.21 Å². The number of amides is 1. The van der Waals surface area contributed by atoms with Crippen LogP contribution >= 0.6 is 11.3 Å². The standard InChI is InChI=1S/C18H16N2O2S/c1-12-8-9-16(23-12)17-19-15-7-3-2-6-14(15)18(21)20(17)11-13-5-4-10-22-13/h2-10,17,19H,11H2,1H3/t17-/m1/s1. The predicted octanol–water partition coefficient (Wildman–Crippen LogP) is 4.42. The largest absolute Gasteiger partial charge is 0.467 e. The Kier molecular flexibility index (Phi) is 3.42. The van der Waals surface area contributed by atoms with Crippen molar-refractivity contribution in [2.75, 3.05) is 5.32 Å². The molecule has 5 heteroatoms. The van der Waals surface area contributed by atoms with E-state index in [9.17, 15) is 4.79 Å². The van der Waals surface area contributed by atoms with Crippen molar-refractivity contribution >= 4 is 22.9 Å². The van der Waals surface area contributed by atoms with Crippen molar-refractivity contribution in [2.45, 2.75) is 19.6 Å². The van der Waals surface area contributed by atoms with Crippen molar-refractivity contribution in [3.63, 3.8) is 0 Å². The fourth-order valence-electron chi connectivity index (χ4n) is 2.85. The third-order valence-electron chi connectivity index (χ3n) is 3.96. The molecule has 1 aliphatic heterocycles. The summed E-state index contributed by atoms with van der Waals surface area (Å²) in [6.45, 7) is 2.51. The minimum Gasteiger partial charge on any atom is -0.467 e. The maximum atomic E-state index is 13.0. The van der Waals surface area contributed by atoms with Crippen LogP contribution in [0.1, 0.15) is 32.0 Å². The zero-order valence-electron chi connectivity index (χ0n) is 12.7. The third kappa shape index (κ3) is 2.53. The minimum absolute atomic E-state index is 0.0202. The Labute approximate surface area is 138 Å². The van der Waals surface area contributed by atoms with Crippen LogP contribution in [0.5, 0.6) is 0 Å². The molecule has 0 fully saturated rings. The zero-order valence-corrected chi connectivity index (χ0v) is 13.5. The van der Waals surface area contributed by atoms with Crippen LogP contribution < -0.4 is 5.32 Å². The highest BCUT2D eigenvalue weighted by atomic mass is 32.1. The van der Waals surface area contributed by atoms with Gasteiger partial charge in [-0.05, 0) is 43.3 Å². The number of nitrogens with zero attached hydrogens (tertiary/aromatic N) is 1. The van der Waals surface area contributed by atoms with Gasteiger partial charge in [-0.25, -0.2) is 0 Å². The van der Waals surface area contributed by atoms with Gasteiger partial charge in [0, 0.05) is 15.4 Å². The average molecular weight is 324 g/mol. The second-order valence-electron chi connectivity index (χ2n) is 5.55. The van der Waals surface area contributed by atoms with Crippen molar-refractivity contribution in [3.8, 4) is 0 Å². The number of carbonyl (C=O) groups excluding carboxylic acids is 1. The van der Waals surface area contributed by atoms with Gasteiger partial charge < -0.3 is 14.6 Å². The lowest BCUT2D eigenvalue weighted by Gasteiger charge is -2.37. The highest BCUT2D eigenvalue weighted by molar-refractivity contribution is 7.12. The first kappa shape index (κ1) is 14.1. The fraction of sp³-hybridized carbons (Fsp3) is 0.167. The predicted molar refractivity (Wildman–Crippen MR) is 90.4 cm³/mol. The van der Waals surface area contributed by atoms with Gasteiger partial charge in [-0.15, -0.1) is 11.3 Å². The zero-order chi connectivity index (χ0) is 15.8. The molecule has 0 spiro atoms. The Hall–Kier alpha value is -2.53. The molecule has 1 amide bonds. The number of furan rings is 1. The number of thiophene rings is 1. The summed E-state index contributed by atoms with van der Waals surface area (Å²) >= 11 is 1.70. The number of hydrogen-bond acceptors (Lipinski definition) is 4. The molecule has 0 aliphatic carbocycles. The monoisotopic (exact) mass is 324 g/mol. The molecular weight excluding hydrogens is 308 g/mol. The summed E-state index contributed by atoms with van der Waals surface area (Å²) in [5.41, 5.74) is 1.58. The second-order valence-corrected chi connectivity index (χ2v) is 6.87. The Morgan fingerprint density at radius 3 is 2.78 bits per heavy atom. The highest BCUT2D eigenvalue weighted by Crippen LogP contribution is 2.36. The average Bonchev–Trinajstić information content (AvgIpc) is 3.21. The molecular formula is C18H16N2O2S. The van der Waals surface area contributed by atoms with Gasteiger partial charge in [0.15, 0.2) is 0 Å². The van der Waals surface area contributed by atoms with Crippen LogP contribution in [0.4, 0.5) is 5.69 Å². The molecule has 23 heavy (non-hydrogen) atoms. The van der Waals surface area contributed by atoms with E-state index in [0.29, 0.717) is 12.1 Å². The molecule has 3 aromatic rings. The molecule has 0 bridgehead atoms. The van der Waals surface area contributed by atoms with Crippen LogP contribution in [0.25, 0.3) is 0 Å². The molecule has 2 aromatic heterocycles. The first-order valence-electron chi connectivity index (χ1n) is 7.47. The SMILES string of the molecule is Cc1ccc([C@@H]2Nc3ccccc3C(=O)N2Cc2ccco2)s1. The normalized spacial score (nSPS) is 17.0. The van der Waals surface area contributed by atoms with Gasteiger partial charge in [0.05, 0.1) is 18.4 Å². The number of nitrogens with one attached hydrogen (secondary N) is 1. The second kappa shape index (κ2) is 5.59. The van der Waals surface area contributed by atoms with Gasteiger partial charge in [-0.1, -0.05) is 12.1 Å². The van der Waals surface area contributed by atoms with Crippen LogP contribution in [0.2, 0.25) is 0 Å². The number of carbonyl (C=O) groups is 1. The third-order valence-corrected chi connectivity index (χ3v) is 5.01. The lowest BCUT2D eigenvalue weighted by molar-refractivity contribution is 0.0654. The Morgan fingerprint density at radius 1 is 1.17 bits per heavy atom. The van der Waals surface area contributed by atoms with E-state index in [0.717, 1.165) is 16.3 Å². The smallest absolute Gasteiger partial charge is 0.258 e. The van der Waals surface area contributed by atoms with Crippen LogP contribution in [0.15, 0.2) is 59.2 Å². The van der Waals surface area contributed by atoms with E-state index in [1.807, 2.05) is 41.3 Å². The number of rotatable bonds is 3. The van der Waals surface area contributed by atoms with Crippen LogP contribution in [-0.4, -0.2) is 10.8 Å². The van der Waals surface area contributed by atoms with Gasteiger partial charge >= 0.3 is 0 Å². The van der Waals surface area contributed by atoms with E-state index >= 15 is 0 Å². The molecule has 1 aliphatic rings. The lowest BCUT2D eigenvalue weighted by atomic mass is 10.1. The van der Waals surface area contributed by atoms with E-state index in [-0.39, 0.29) is 12.1 Å². The molecule has 0 saturated carbocycles. The molecule has 116 valence electrons. The summed E-state index contributed by atoms with van der Waals surface area (Å²) in [6, 6.07) is 15.5. The Balaban J connectivity index is 1.76. The van der Waals surface area contributed by atoms with Gasteiger partial charge in [0.1, 0.15) is 11.9 Å². The quantitative estimate of drug-likeness (QED) is 0.776. The molecule has 4 nitrogen and oxygen atoms in total. The van der Waals surface area contributed by atoms with Gasteiger partial charge in [-0.2, -0.15) is 0 Å². The van der Waals surface area contributed by atoms with Crippen LogP contribution in [-0.2, 0) is 6.54 Å². The maximum absolute atomic E-state index is 13.0. The topological polar surface area (TPSA) is 45.5 Å². The van der Waals surface area contributed by atoms with Crippen LogP contribution in [0.3, 0.4) is 0 Å². The van der Waals surface area contributed by atoms with E-state index in [4.69, 9.17) is 4.42 Å². The molecule has 1 N–H and O–H groups in total. The Morgan fingerprint density at radius 2 is 2.04 bits per heavy atom. The summed E-state index contributed by atoms with van der Waals surface area (Å²) in [5.74, 6) is 0.796. The van der Waals surface area contributed by atoms with E-state index in [2.05, 4.69) is 24.4 Å². The first-order chi connectivity index (χ1) is 11.2. The lowest BCUT2D eigenvalue weighted by Crippen LogP contribution is -2.42. The van der Waals surface area contributed by atoms with Crippen molar-refractivity contribution in [2.24, 2.45) is 0 Å². The minimum atomic E-state index is -0.179. The molecule has 4 rings (SSSR count). The molecule has 0 unspecified atom stereocenters. The highest BCUT2D eigenvalue weighted by Gasteiger charge is 2.33. The Bertz CT molecular complexity index is 838. The summed E-state index contributed by atoms with van der Waals surface area (Å²) in [4.78, 5) is 17.2. The fourth-order valence-corrected chi connectivity index (χ4v) is 3.79. The number of para-hydroxylation sites is 1. The number of anilines is 1. The number of aryl methyl sites for hydroxylation is 1. The molecule has 0 saturated heterocycles. The summed E-state index contributed by atoms with van der Waals surface area (Å²) in [6.07, 6.45) is 1.45. The molecule has 1 atom stereocenters. The van der Waals surface area contributed by atoms with E-state index < -0.39 is 0 Å². The maximum Gasteiger partial charge on any atom is 0.258 e. The number of benzene rings is 1. The van der Waals surface area contributed by atoms with Gasteiger partial charge in [-0.3, -0.25) is 4.79 Å². The van der Waals surface area contributed by atoms with Crippen molar-refractivity contribution in [3.05, 3.63) is 75.9 Å².